The van der Waals surface area contributed by atoms with Crippen LogP contribution in [0.4, 0.5) is 0 Å². The van der Waals surface area contributed by atoms with Gasteiger partial charge in [0.05, 0.1) is 11.4 Å². The van der Waals surface area contributed by atoms with E-state index in [4.69, 9.17) is 0 Å². The van der Waals surface area contributed by atoms with Crippen LogP contribution in [0.5, 0.6) is 0 Å². The van der Waals surface area contributed by atoms with Crippen LogP contribution in [0.15, 0.2) is 72.1 Å². The monoisotopic (exact) mass is 402 g/mol. The number of quaternary nitrogens is 1. The maximum absolute atomic E-state index is 4.50. The molecule has 0 spiro atoms. The summed E-state index contributed by atoms with van der Waals surface area (Å²) in [6.07, 6.45) is 2.02. The van der Waals surface area contributed by atoms with E-state index in [1.165, 1.54) is 26.5 Å². The highest BCUT2D eigenvalue weighted by Crippen LogP contribution is 2.24. The molecule has 2 atom stereocenters. The van der Waals surface area contributed by atoms with Crippen LogP contribution >= 0.6 is 11.3 Å². The van der Waals surface area contributed by atoms with Crippen LogP contribution < -0.4 is 4.90 Å². The van der Waals surface area contributed by atoms with E-state index in [9.17, 15) is 0 Å². The fourth-order valence-electron chi connectivity index (χ4n) is 4.27. The molecule has 146 valence electrons. The second-order valence-electron chi connectivity index (χ2n) is 7.55. The van der Waals surface area contributed by atoms with E-state index >= 15 is 0 Å². The SMILES string of the molecule is c1ccc(CCn2nnnc2[C@H](c2cccs2)[NH+]2CCc3ccccc3C2)cc1. The lowest BCUT2D eigenvalue weighted by atomic mass is 9.98. The van der Waals surface area contributed by atoms with Crippen molar-refractivity contribution in [2.75, 3.05) is 6.54 Å². The molecule has 29 heavy (non-hydrogen) atoms. The number of aryl methyl sites for hydroxylation is 2. The zero-order valence-electron chi connectivity index (χ0n) is 16.2. The number of tetrazole rings is 1. The Hall–Kier alpha value is -2.83. The number of rotatable bonds is 6. The predicted octanol–water partition coefficient (Wildman–Crippen LogP) is 2.71. The molecule has 0 aliphatic carbocycles. The number of nitrogens with one attached hydrogen (secondary N) is 1. The van der Waals surface area contributed by atoms with Gasteiger partial charge in [-0.15, -0.1) is 16.4 Å². The Balaban J connectivity index is 1.44. The quantitative estimate of drug-likeness (QED) is 0.539. The Morgan fingerprint density at radius 1 is 0.966 bits per heavy atom. The molecule has 1 N–H and O–H groups in total. The Morgan fingerprint density at radius 2 is 1.79 bits per heavy atom. The van der Waals surface area contributed by atoms with E-state index in [0.717, 1.165) is 38.3 Å². The van der Waals surface area contributed by atoms with Gasteiger partial charge in [0.25, 0.3) is 0 Å². The first kappa shape index (κ1) is 18.2. The van der Waals surface area contributed by atoms with Crippen molar-refractivity contribution in [3.05, 3.63) is 99.5 Å². The molecular formula is C23H24N5S+. The Bertz CT molecular complexity index is 1060. The summed E-state index contributed by atoms with van der Waals surface area (Å²) in [4.78, 5) is 2.84. The number of benzene rings is 2. The molecular weight excluding hydrogens is 378 g/mol. The highest BCUT2D eigenvalue weighted by atomic mass is 32.1. The molecule has 0 saturated heterocycles. The second-order valence-corrected chi connectivity index (χ2v) is 8.53. The maximum atomic E-state index is 4.50. The zero-order valence-corrected chi connectivity index (χ0v) is 17.1. The number of thiophene rings is 1. The summed E-state index contributed by atoms with van der Waals surface area (Å²) in [5, 5.41) is 15.1. The van der Waals surface area contributed by atoms with Gasteiger partial charge in [0.15, 0.2) is 6.04 Å². The van der Waals surface area contributed by atoms with Gasteiger partial charge in [0.1, 0.15) is 6.54 Å². The molecule has 0 saturated carbocycles. The molecule has 6 heteroatoms. The van der Waals surface area contributed by atoms with Gasteiger partial charge in [-0.3, -0.25) is 0 Å². The number of aromatic nitrogens is 4. The summed E-state index contributed by atoms with van der Waals surface area (Å²) >= 11 is 1.80. The third kappa shape index (κ3) is 3.86. The molecule has 3 heterocycles. The largest absolute Gasteiger partial charge is 0.318 e. The first-order chi connectivity index (χ1) is 14.4. The molecule has 2 aromatic heterocycles. The Kier molecular flexibility index (Phi) is 5.19. The standard InChI is InChI=1S/C23H23N5S/c1-2-7-18(8-3-1)12-15-28-23(24-25-26-28)22(21-11-6-16-29-21)27-14-13-19-9-4-5-10-20(19)17-27/h1-11,16,22H,12-15,17H2/p+1/t22-/m0/s1. The fourth-order valence-corrected chi connectivity index (χ4v) is 5.15. The first-order valence-electron chi connectivity index (χ1n) is 10.1. The minimum Gasteiger partial charge on any atom is -0.318 e. The lowest BCUT2D eigenvalue weighted by Gasteiger charge is -2.31. The fraction of sp³-hybridized carbons (Fsp3) is 0.261. The number of hydrogen-bond donors (Lipinski definition) is 1. The Labute approximate surface area is 174 Å². The minimum atomic E-state index is 0.161. The van der Waals surface area contributed by atoms with Crippen LogP contribution in [0, 0.1) is 0 Å². The molecule has 1 aliphatic heterocycles. The molecule has 0 bridgehead atoms. The summed E-state index contributed by atoms with van der Waals surface area (Å²) in [6.45, 7) is 2.88. The van der Waals surface area contributed by atoms with E-state index in [2.05, 4.69) is 87.6 Å². The third-order valence-corrected chi connectivity index (χ3v) is 6.70. The maximum Gasteiger partial charge on any atom is 0.215 e. The molecule has 0 radical (unpaired) electrons. The molecule has 5 nitrogen and oxygen atoms in total. The zero-order chi connectivity index (χ0) is 19.5. The van der Waals surface area contributed by atoms with Crippen molar-refractivity contribution < 1.29 is 4.90 Å². The van der Waals surface area contributed by atoms with E-state index in [1.54, 1.807) is 11.3 Å². The summed E-state index contributed by atoms with van der Waals surface area (Å²) in [5.74, 6) is 0.970. The van der Waals surface area contributed by atoms with E-state index in [1.807, 2.05) is 4.68 Å². The van der Waals surface area contributed by atoms with E-state index < -0.39 is 0 Å². The average molecular weight is 403 g/mol. The number of nitrogens with zero attached hydrogens (tertiary/aromatic N) is 4. The van der Waals surface area contributed by atoms with Crippen LogP contribution in [0.2, 0.25) is 0 Å². The minimum absolute atomic E-state index is 0.161. The smallest absolute Gasteiger partial charge is 0.215 e. The van der Waals surface area contributed by atoms with Crippen LogP contribution in [-0.4, -0.2) is 26.8 Å². The van der Waals surface area contributed by atoms with Crippen LogP contribution in [0.25, 0.3) is 0 Å². The van der Waals surface area contributed by atoms with Crippen molar-refractivity contribution in [2.45, 2.75) is 32.0 Å². The van der Waals surface area contributed by atoms with Crippen molar-refractivity contribution in [3.8, 4) is 0 Å². The summed E-state index contributed by atoms with van der Waals surface area (Å²) in [5.41, 5.74) is 4.23. The second kappa shape index (κ2) is 8.27. The summed E-state index contributed by atoms with van der Waals surface area (Å²) in [7, 11) is 0. The van der Waals surface area contributed by atoms with Crippen molar-refractivity contribution in [2.24, 2.45) is 0 Å². The van der Waals surface area contributed by atoms with Gasteiger partial charge in [-0.05, 0) is 39.4 Å². The van der Waals surface area contributed by atoms with Crippen LogP contribution in [0.3, 0.4) is 0 Å². The highest BCUT2D eigenvalue weighted by Gasteiger charge is 2.34. The summed E-state index contributed by atoms with van der Waals surface area (Å²) < 4.78 is 2.00. The number of hydrogen-bond acceptors (Lipinski definition) is 4. The lowest BCUT2D eigenvalue weighted by Crippen LogP contribution is -3.12. The van der Waals surface area contributed by atoms with Crippen LogP contribution in [0.1, 0.15) is 33.4 Å². The number of fused-ring (bicyclic) bond motifs is 1. The normalized spacial score (nSPS) is 17.0. The molecule has 1 aliphatic rings. The van der Waals surface area contributed by atoms with Gasteiger partial charge in [-0.25, -0.2) is 4.68 Å². The van der Waals surface area contributed by atoms with E-state index in [-0.39, 0.29) is 6.04 Å². The molecule has 1 unspecified atom stereocenters. The molecule has 2 aromatic carbocycles. The predicted molar refractivity (Wildman–Crippen MR) is 114 cm³/mol. The van der Waals surface area contributed by atoms with E-state index in [0.29, 0.717) is 0 Å². The lowest BCUT2D eigenvalue weighted by molar-refractivity contribution is -0.941. The Morgan fingerprint density at radius 3 is 2.62 bits per heavy atom. The van der Waals surface area contributed by atoms with Crippen molar-refractivity contribution in [1.82, 2.24) is 20.2 Å². The molecule has 4 aromatic rings. The average Bonchev–Trinajstić information content (AvgIpc) is 3.46. The van der Waals surface area contributed by atoms with Gasteiger partial charge < -0.3 is 4.90 Å². The van der Waals surface area contributed by atoms with Crippen molar-refractivity contribution in [1.29, 1.82) is 0 Å². The third-order valence-electron chi connectivity index (χ3n) is 5.76. The van der Waals surface area contributed by atoms with Gasteiger partial charge in [0.2, 0.25) is 5.82 Å². The van der Waals surface area contributed by atoms with Gasteiger partial charge in [-0.1, -0.05) is 60.7 Å². The van der Waals surface area contributed by atoms with Crippen LogP contribution in [-0.2, 0) is 25.9 Å². The van der Waals surface area contributed by atoms with Gasteiger partial charge in [-0.2, -0.15) is 0 Å². The molecule has 0 amide bonds. The molecule has 5 rings (SSSR count). The molecule has 0 fully saturated rings. The van der Waals surface area contributed by atoms with Crippen molar-refractivity contribution in [3.63, 3.8) is 0 Å². The topological polar surface area (TPSA) is 48.0 Å². The van der Waals surface area contributed by atoms with Gasteiger partial charge in [0, 0.05) is 18.5 Å². The van der Waals surface area contributed by atoms with Gasteiger partial charge >= 0.3 is 0 Å². The summed E-state index contributed by atoms with van der Waals surface area (Å²) in [6, 6.07) is 23.9. The van der Waals surface area contributed by atoms with Crippen molar-refractivity contribution >= 4 is 11.3 Å². The highest BCUT2D eigenvalue weighted by molar-refractivity contribution is 7.10. The first-order valence-corrected chi connectivity index (χ1v) is 11.0.